The van der Waals surface area contributed by atoms with Crippen LogP contribution in [0.2, 0.25) is 0 Å². The molecule has 2 unspecified atom stereocenters. The molecule has 88 valence electrons. The Kier molecular flexibility index (Phi) is 4.90. The van der Waals surface area contributed by atoms with Crippen LogP contribution in [0.25, 0.3) is 0 Å². The van der Waals surface area contributed by atoms with E-state index >= 15 is 0 Å². The third kappa shape index (κ3) is 3.59. The van der Waals surface area contributed by atoms with Crippen LogP contribution in [0.5, 0.6) is 0 Å². The molecule has 0 heterocycles. The van der Waals surface area contributed by atoms with Gasteiger partial charge in [0.15, 0.2) is 0 Å². The molecule has 0 spiro atoms. The Morgan fingerprint density at radius 3 is 2.44 bits per heavy atom. The normalized spacial score (nSPS) is 26.4. The molecule has 0 bridgehead atoms. The predicted octanol–water partition coefficient (Wildman–Crippen LogP) is 5.34. The van der Waals surface area contributed by atoms with Crippen LogP contribution in [-0.4, -0.2) is 4.83 Å². The van der Waals surface area contributed by atoms with Gasteiger partial charge in [0.25, 0.3) is 0 Å². The molecule has 2 heteroatoms. The van der Waals surface area contributed by atoms with Crippen LogP contribution in [0.15, 0.2) is 28.7 Å². The van der Waals surface area contributed by atoms with Gasteiger partial charge in [-0.05, 0) is 42.9 Å². The molecule has 16 heavy (non-hydrogen) atoms. The van der Waals surface area contributed by atoms with Gasteiger partial charge in [0, 0.05) is 9.30 Å². The summed E-state index contributed by atoms with van der Waals surface area (Å²) in [6.07, 6.45) is 8.17. The average molecular weight is 346 g/mol. The van der Waals surface area contributed by atoms with Crippen LogP contribution in [0.3, 0.4) is 0 Å². The Labute approximate surface area is 115 Å². The van der Waals surface area contributed by atoms with Crippen LogP contribution in [0.1, 0.15) is 37.7 Å². The van der Waals surface area contributed by atoms with E-state index in [1.54, 1.807) is 0 Å². The topological polar surface area (TPSA) is 0 Å². The molecule has 1 fully saturated rings. The van der Waals surface area contributed by atoms with E-state index in [4.69, 9.17) is 0 Å². The van der Waals surface area contributed by atoms with Crippen molar-refractivity contribution in [3.63, 3.8) is 0 Å². The summed E-state index contributed by atoms with van der Waals surface area (Å²) in [4.78, 5) is 0.721. The number of hydrogen-bond acceptors (Lipinski definition) is 0. The molecule has 1 aliphatic rings. The highest BCUT2D eigenvalue weighted by Crippen LogP contribution is 2.31. The van der Waals surface area contributed by atoms with Crippen molar-refractivity contribution >= 4 is 31.9 Å². The van der Waals surface area contributed by atoms with Gasteiger partial charge < -0.3 is 0 Å². The standard InChI is InChI=1S/C14H18Br2/c15-13-8-6-11(7-9-13)10-12-4-2-1-3-5-14(12)16/h6-9,12,14H,1-5,10H2. The van der Waals surface area contributed by atoms with E-state index in [1.165, 1.54) is 48.6 Å². The molecule has 0 saturated heterocycles. The molecule has 2 rings (SSSR count). The number of halogens is 2. The van der Waals surface area contributed by atoms with Gasteiger partial charge in [0.2, 0.25) is 0 Å². The Morgan fingerprint density at radius 2 is 1.69 bits per heavy atom. The lowest BCUT2D eigenvalue weighted by molar-refractivity contribution is 0.475. The van der Waals surface area contributed by atoms with E-state index in [0.29, 0.717) is 0 Å². The number of alkyl halides is 1. The molecule has 0 nitrogen and oxygen atoms in total. The van der Waals surface area contributed by atoms with Gasteiger partial charge in [-0.25, -0.2) is 0 Å². The summed E-state index contributed by atoms with van der Waals surface area (Å²) in [5.41, 5.74) is 1.47. The molecule has 0 radical (unpaired) electrons. The largest absolute Gasteiger partial charge is 0.0888 e. The summed E-state index contributed by atoms with van der Waals surface area (Å²) in [5, 5.41) is 0. The maximum atomic E-state index is 3.87. The monoisotopic (exact) mass is 344 g/mol. The third-order valence-electron chi connectivity index (χ3n) is 3.48. The molecule has 1 aromatic rings. The summed E-state index contributed by atoms with van der Waals surface area (Å²) in [6.45, 7) is 0. The smallest absolute Gasteiger partial charge is 0.0177 e. The van der Waals surface area contributed by atoms with Crippen LogP contribution in [0, 0.1) is 5.92 Å². The second-order valence-corrected chi connectivity index (χ2v) is 6.84. The predicted molar refractivity (Wildman–Crippen MR) is 77.1 cm³/mol. The Balaban J connectivity index is 1.99. The van der Waals surface area contributed by atoms with Gasteiger partial charge in [-0.2, -0.15) is 0 Å². The fourth-order valence-electron chi connectivity index (χ4n) is 2.49. The quantitative estimate of drug-likeness (QED) is 0.501. The van der Waals surface area contributed by atoms with Gasteiger partial charge in [0.1, 0.15) is 0 Å². The van der Waals surface area contributed by atoms with Gasteiger partial charge in [-0.1, -0.05) is 63.3 Å². The van der Waals surface area contributed by atoms with Gasteiger partial charge in [-0.15, -0.1) is 0 Å². The fraction of sp³-hybridized carbons (Fsp3) is 0.571. The minimum absolute atomic E-state index is 0.721. The first kappa shape index (κ1) is 12.6. The number of benzene rings is 1. The molecule has 1 aromatic carbocycles. The summed E-state index contributed by atoms with van der Waals surface area (Å²) >= 11 is 7.35. The molecule has 1 saturated carbocycles. The first-order chi connectivity index (χ1) is 7.75. The van der Waals surface area contributed by atoms with Crippen molar-refractivity contribution in [2.24, 2.45) is 5.92 Å². The van der Waals surface area contributed by atoms with E-state index in [0.717, 1.165) is 10.7 Å². The molecule has 0 aliphatic heterocycles. The first-order valence-electron chi connectivity index (χ1n) is 6.14. The van der Waals surface area contributed by atoms with E-state index in [-0.39, 0.29) is 0 Å². The molecule has 0 amide bonds. The van der Waals surface area contributed by atoms with E-state index in [9.17, 15) is 0 Å². The highest BCUT2D eigenvalue weighted by atomic mass is 79.9. The van der Waals surface area contributed by atoms with Gasteiger partial charge >= 0.3 is 0 Å². The van der Waals surface area contributed by atoms with Crippen LogP contribution in [-0.2, 0) is 6.42 Å². The third-order valence-corrected chi connectivity index (χ3v) is 5.21. The van der Waals surface area contributed by atoms with Crippen molar-refractivity contribution in [3.8, 4) is 0 Å². The van der Waals surface area contributed by atoms with Crippen LogP contribution in [0.4, 0.5) is 0 Å². The van der Waals surface area contributed by atoms with E-state index < -0.39 is 0 Å². The van der Waals surface area contributed by atoms with Crippen molar-refractivity contribution in [1.82, 2.24) is 0 Å². The Morgan fingerprint density at radius 1 is 1.00 bits per heavy atom. The average Bonchev–Trinajstić information content (AvgIpc) is 2.48. The Bertz CT molecular complexity index is 318. The lowest BCUT2D eigenvalue weighted by Crippen LogP contribution is -2.15. The molecule has 0 N–H and O–H groups in total. The van der Waals surface area contributed by atoms with Gasteiger partial charge in [-0.3, -0.25) is 0 Å². The minimum Gasteiger partial charge on any atom is -0.0888 e. The molecule has 1 aliphatic carbocycles. The second-order valence-electron chi connectivity index (χ2n) is 4.74. The summed E-state index contributed by atoms with van der Waals surface area (Å²) < 4.78 is 1.17. The molecular formula is C14H18Br2. The second kappa shape index (κ2) is 6.20. The lowest BCUT2D eigenvalue weighted by Gasteiger charge is -2.19. The van der Waals surface area contributed by atoms with E-state index in [2.05, 4.69) is 56.1 Å². The maximum Gasteiger partial charge on any atom is 0.0177 e. The van der Waals surface area contributed by atoms with Crippen LogP contribution < -0.4 is 0 Å². The zero-order chi connectivity index (χ0) is 11.4. The SMILES string of the molecule is Brc1ccc(CC2CCCCCC2Br)cc1. The van der Waals surface area contributed by atoms with Crippen molar-refractivity contribution in [2.75, 3.05) is 0 Å². The molecular weight excluding hydrogens is 328 g/mol. The lowest BCUT2D eigenvalue weighted by atomic mass is 9.92. The molecule has 0 aromatic heterocycles. The fourth-order valence-corrected chi connectivity index (χ4v) is 3.53. The zero-order valence-corrected chi connectivity index (χ0v) is 12.6. The van der Waals surface area contributed by atoms with Crippen LogP contribution >= 0.6 is 31.9 Å². The summed E-state index contributed by atoms with van der Waals surface area (Å²) in [7, 11) is 0. The van der Waals surface area contributed by atoms with Crippen molar-refractivity contribution < 1.29 is 0 Å². The van der Waals surface area contributed by atoms with E-state index in [1.807, 2.05) is 0 Å². The van der Waals surface area contributed by atoms with Crippen molar-refractivity contribution in [2.45, 2.75) is 43.4 Å². The Hall–Kier alpha value is 0.180. The summed E-state index contributed by atoms with van der Waals surface area (Å²) in [5.74, 6) is 0.823. The zero-order valence-electron chi connectivity index (χ0n) is 9.46. The highest BCUT2D eigenvalue weighted by Gasteiger charge is 2.21. The first-order valence-corrected chi connectivity index (χ1v) is 7.85. The van der Waals surface area contributed by atoms with Crippen molar-refractivity contribution in [3.05, 3.63) is 34.3 Å². The summed E-state index contributed by atoms with van der Waals surface area (Å²) in [6, 6.07) is 8.79. The highest BCUT2D eigenvalue weighted by molar-refractivity contribution is 9.10. The molecule has 2 atom stereocenters. The maximum absolute atomic E-state index is 3.87. The number of hydrogen-bond donors (Lipinski definition) is 0. The minimum atomic E-state index is 0.721. The van der Waals surface area contributed by atoms with Crippen molar-refractivity contribution in [1.29, 1.82) is 0 Å². The number of rotatable bonds is 2. The van der Waals surface area contributed by atoms with Gasteiger partial charge in [0.05, 0.1) is 0 Å².